The quantitative estimate of drug-likeness (QED) is 0.691. The number of nitriles is 1. The highest BCUT2D eigenvalue weighted by Gasteiger charge is 2.07. The third kappa shape index (κ3) is 4.41. The van der Waals surface area contributed by atoms with E-state index in [9.17, 15) is 4.79 Å². The zero-order valence-corrected chi connectivity index (χ0v) is 14.5. The standard InChI is InChI=1S/C21H15ClN2O2/c22-19-12-16(13-23)8-11-20(19)26-14-15-6-9-17(10-7-15)21(25)24-18-4-2-1-3-5-18/h1-12H,14H2,(H,24,25). The van der Waals surface area contributed by atoms with Gasteiger partial charge in [-0.05, 0) is 48.0 Å². The van der Waals surface area contributed by atoms with Crippen LogP contribution in [-0.2, 0) is 6.61 Å². The van der Waals surface area contributed by atoms with Crippen LogP contribution in [0.4, 0.5) is 5.69 Å². The summed E-state index contributed by atoms with van der Waals surface area (Å²) in [6.07, 6.45) is 0. The maximum atomic E-state index is 12.2. The van der Waals surface area contributed by atoms with Gasteiger partial charge in [0.1, 0.15) is 12.4 Å². The lowest BCUT2D eigenvalue weighted by atomic mass is 10.1. The van der Waals surface area contributed by atoms with Gasteiger partial charge in [-0.3, -0.25) is 4.79 Å². The molecule has 0 bridgehead atoms. The topological polar surface area (TPSA) is 62.1 Å². The smallest absolute Gasteiger partial charge is 0.255 e. The van der Waals surface area contributed by atoms with Gasteiger partial charge in [-0.15, -0.1) is 0 Å². The number of halogens is 1. The van der Waals surface area contributed by atoms with E-state index < -0.39 is 0 Å². The second-order valence-electron chi connectivity index (χ2n) is 5.56. The molecule has 3 rings (SSSR count). The first-order valence-corrected chi connectivity index (χ1v) is 8.31. The highest BCUT2D eigenvalue weighted by atomic mass is 35.5. The van der Waals surface area contributed by atoms with Gasteiger partial charge in [-0.25, -0.2) is 0 Å². The van der Waals surface area contributed by atoms with Gasteiger partial charge in [0.15, 0.2) is 0 Å². The molecule has 1 N–H and O–H groups in total. The number of anilines is 1. The van der Waals surface area contributed by atoms with Crippen molar-refractivity contribution in [3.05, 3.63) is 94.5 Å². The number of hydrogen-bond donors (Lipinski definition) is 1. The summed E-state index contributed by atoms with van der Waals surface area (Å²) in [7, 11) is 0. The highest BCUT2D eigenvalue weighted by molar-refractivity contribution is 6.32. The molecule has 0 spiro atoms. The van der Waals surface area contributed by atoms with E-state index in [1.54, 1.807) is 30.3 Å². The van der Waals surface area contributed by atoms with E-state index in [1.165, 1.54) is 0 Å². The molecule has 0 aliphatic rings. The van der Waals surface area contributed by atoms with Gasteiger partial charge in [0.25, 0.3) is 5.91 Å². The number of nitrogens with one attached hydrogen (secondary N) is 1. The van der Waals surface area contributed by atoms with Gasteiger partial charge >= 0.3 is 0 Å². The lowest BCUT2D eigenvalue weighted by Gasteiger charge is -2.09. The van der Waals surface area contributed by atoms with Crippen molar-refractivity contribution in [3.8, 4) is 11.8 Å². The molecule has 0 aliphatic heterocycles. The molecule has 3 aromatic rings. The molecule has 0 radical (unpaired) electrons. The zero-order valence-electron chi connectivity index (χ0n) is 13.8. The lowest BCUT2D eigenvalue weighted by molar-refractivity contribution is 0.102. The number of ether oxygens (including phenoxy) is 1. The fourth-order valence-electron chi connectivity index (χ4n) is 2.33. The van der Waals surface area contributed by atoms with Crippen molar-refractivity contribution < 1.29 is 9.53 Å². The Morgan fingerprint density at radius 3 is 2.42 bits per heavy atom. The van der Waals surface area contributed by atoms with E-state index in [4.69, 9.17) is 21.6 Å². The molecule has 0 aliphatic carbocycles. The molecule has 5 heteroatoms. The summed E-state index contributed by atoms with van der Waals surface area (Å²) in [6, 6.07) is 23.4. The van der Waals surface area contributed by atoms with Crippen LogP contribution in [0.3, 0.4) is 0 Å². The SMILES string of the molecule is N#Cc1ccc(OCc2ccc(C(=O)Nc3ccccc3)cc2)c(Cl)c1. The molecule has 0 unspecified atom stereocenters. The normalized spacial score (nSPS) is 10.0. The average Bonchev–Trinajstić information content (AvgIpc) is 2.68. The fourth-order valence-corrected chi connectivity index (χ4v) is 2.56. The van der Waals surface area contributed by atoms with E-state index in [0.717, 1.165) is 11.3 Å². The minimum absolute atomic E-state index is 0.168. The molecular weight excluding hydrogens is 348 g/mol. The molecule has 128 valence electrons. The predicted octanol–water partition coefficient (Wildman–Crippen LogP) is 5.04. The number of hydrogen-bond acceptors (Lipinski definition) is 3. The second kappa shape index (κ2) is 8.19. The van der Waals surface area contributed by atoms with Crippen LogP contribution in [0.15, 0.2) is 72.8 Å². The van der Waals surface area contributed by atoms with Gasteiger partial charge in [0, 0.05) is 11.3 Å². The summed E-state index contributed by atoms with van der Waals surface area (Å²) in [5.74, 6) is 0.343. The minimum atomic E-state index is -0.168. The minimum Gasteiger partial charge on any atom is -0.487 e. The summed E-state index contributed by atoms with van der Waals surface area (Å²) >= 11 is 6.09. The van der Waals surface area contributed by atoms with Crippen LogP contribution in [0.5, 0.6) is 5.75 Å². The van der Waals surface area contributed by atoms with Gasteiger partial charge in [-0.1, -0.05) is 41.9 Å². The number of carbonyl (C=O) groups is 1. The maximum absolute atomic E-state index is 12.2. The summed E-state index contributed by atoms with van der Waals surface area (Å²) < 4.78 is 5.68. The first-order chi connectivity index (χ1) is 12.7. The Morgan fingerprint density at radius 1 is 1.04 bits per heavy atom. The Hall–Kier alpha value is -3.29. The fraction of sp³-hybridized carbons (Fsp3) is 0.0476. The number of nitrogens with zero attached hydrogens (tertiary/aromatic N) is 1. The van der Waals surface area contributed by atoms with Gasteiger partial charge < -0.3 is 10.1 Å². The highest BCUT2D eigenvalue weighted by Crippen LogP contribution is 2.26. The molecule has 3 aromatic carbocycles. The molecule has 4 nitrogen and oxygen atoms in total. The third-order valence-corrected chi connectivity index (χ3v) is 4.00. The second-order valence-corrected chi connectivity index (χ2v) is 5.97. The first-order valence-electron chi connectivity index (χ1n) is 7.93. The van der Waals surface area contributed by atoms with E-state index in [2.05, 4.69) is 5.32 Å². The Balaban J connectivity index is 1.61. The van der Waals surface area contributed by atoms with E-state index in [0.29, 0.717) is 28.5 Å². The molecule has 0 atom stereocenters. The summed E-state index contributed by atoms with van der Waals surface area (Å²) in [5.41, 5.74) is 2.70. The van der Waals surface area contributed by atoms with Crippen molar-refractivity contribution >= 4 is 23.2 Å². The monoisotopic (exact) mass is 362 g/mol. The first kappa shape index (κ1) is 17.5. The zero-order chi connectivity index (χ0) is 18.4. The molecule has 0 saturated heterocycles. The molecule has 1 amide bonds. The molecule has 26 heavy (non-hydrogen) atoms. The number of amides is 1. The largest absolute Gasteiger partial charge is 0.487 e. The van der Waals surface area contributed by atoms with Crippen molar-refractivity contribution in [2.45, 2.75) is 6.61 Å². The molecule has 0 heterocycles. The molecule has 0 aromatic heterocycles. The summed E-state index contributed by atoms with van der Waals surface area (Å²) in [5, 5.41) is 12.1. The Kier molecular flexibility index (Phi) is 5.52. The van der Waals surface area contributed by atoms with Crippen LogP contribution in [0.25, 0.3) is 0 Å². The number of rotatable bonds is 5. The van der Waals surface area contributed by atoms with Crippen molar-refractivity contribution in [3.63, 3.8) is 0 Å². The molecule has 0 fully saturated rings. The molecule has 0 saturated carbocycles. The van der Waals surface area contributed by atoms with Gasteiger partial charge in [-0.2, -0.15) is 5.26 Å². The summed E-state index contributed by atoms with van der Waals surface area (Å²) in [6.45, 7) is 0.312. The number of carbonyl (C=O) groups excluding carboxylic acids is 1. The van der Waals surface area contributed by atoms with Crippen molar-refractivity contribution in [2.75, 3.05) is 5.32 Å². The van der Waals surface area contributed by atoms with Crippen molar-refractivity contribution in [1.82, 2.24) is 0 Å². The van der Waals surface area contributed by atoms with Crippen LogP contribution >= 0.6 is 11.6 Å². The van der Waals surface area contributed by atoms with Gasteiger partial charge in [0.05, 0.1) is 16.7 Å². The van der Waals surface area contributed by atoms with Crippen LogP contribution in [-0.4, -0.2) is 5.91 Å². The van der Waals surface area contributed by atoms with Crippen LogP contribution < -0.4 is 10.1 Å². The lowest BCUT2D eigenvalue weighted by Crippen LogP contribution is -2.11. The van der Waals surface area contributed by atoms with Crippen LogP contribution in [0, 0.1) is 11.3 Å². The Morgan fingerprint density at radius 2 is 1.77 bits per heavy atom. The third-order valence-electron chi connectivity index (χ3n) is 3.70. The van der Waals surface area contributed by atoms with E-state index in [-0.39, 0.29) is 5.91 Å². The van der Waals surface area contributed by atoms with E-state index >= 15 is 0 Å². The van der Waals surface area contributed by atoms with Crippen LogP contribution in [0.2, 0.25) is 5.02 Å². The predicted molar refractivity (Wildman–Crippen MR) is 101 cm³/mol. The maximum Gasteiger partial charge on any atom is 0.255 e. The van der Waals surface area contributed by atoms with E-state index in [1.807, 2.05) is 48.5 Å². The van der Waals surface area contributed by atoms with Crippen LogP contribution in [0.1, 0.15) is 21.5 Å². The Labute approximate surface area is 156 Å². The number of benzene rings is 3. The van der Waals surface area contributed by atoms with Crippen molar-refractivity contribution in [1.29, 1.82) is 5.26 Å². The van der Waals surface area contributed by atoms with Gasteiger partial charge in [0.2, 0.25) is 0 Å². The molecular formula is C21H15ClN2O2. The summed E-state index contributed by atoms with van der Waals surface area (Å²) in [4.78, 5) is 12.2. The van der Waals surface area contributed by atoms with Crippen molar-refractivity contribution in [2.24, 2.45) is 0 Å². The Bertz CT molecular complexity index is 948. The average molecular weight is 363 g/mol. The number of para-hydroxylation sites is 1.